The summed E-state index contributed by atoms with van der Waals surface area (Å²) in [6.07, 6.45) is 0.713. The van der Waals surface area contributed by atoms with Crippen molar-refractivity contribution in [2.45, 2.75) is 12.5 Å². The fourth-order valence-corrected chi connectivity index (χ4v) is 3.46. The molecule has 2 N–H and O–H groups in total. The lowest BCUT2D eigenvalue weighted by atomic mass is 10.0. The van der Waals surface area contributed by atoms with Crippen LogP contribution in [0.4, 0.5) is 4.39 Å². The number of hydrogen-bond donors (Lipinski definition) is 2. The van der Waals surface area contributed by atoms with Gasteiger partial charge in [-0.2, -0.15) is 0 Å². The van der Waals surface area contributed by atoms with Crippen molar-refractivity contribution in [1.29, 1.82) is 0 Å². The Morgan fingerprint density at radius 2 is 2.11 bits per heavy atom. The maximum absolute atomic E-state index is 13.6. The summed E-state index contributed by atoms with van der Waals surface area (Å²) in [6, 6.07) is 14.4. The minimum Gasteiger partial charge on any atom is -0.496 e. The van der Waals surface area contributed by atoms with Crippen molar-refractivity contribution in [3.05, 3.63) is 65.5 Å². The highest BCUT2D eigenvalue weighted by atomic mass is 35.5. The van der Waals surface area contributed by atoms with Crippen molar-refractivity contribution in [1.82, 2.24) is 15.5 Å². The van der Waals surface area contributed by atoms with E-state index in [1.54, 1.807) is 19.2 Å². The molecule has 1 amide bonds. The molecule has 1 unspecified atom stereocenters. The van der Waals surface area contributed by atoms with Gasteiger partial charge in [0.2, 0.25) is 5.91 Å². The standard InChI is InChI=1S/C21H26FN3O2.ClH/c1-27-20-8-3-2-5-16(20)9-10-24-21(26)15-25-12-11-23-14-19(25)17-6-4-7-18(22)13-17;/h2-8,13,19,23H,9-12,14-15H2,1H3,(H,24,26);1H. The summed E-state index contributed by atoms with van der Waals surface area (Å²) in [5.41, 5.74) is 1.96. The maximum atomic E-state index is 13.6. The summed E-state index contributed by atoms with van der Waals surface area (Å²) in [4.78, 5) is 14.5. The van der Waals surface area contributed by atoms with Crippen molar-refractivity contribution >= 4 is 18.3 Å². The number of hydrogen-bond acceptors (Lipinski definition) is 4. The van der Waals surface area contributed by atoms with E-state index in [2.05, 4.69) is 15.5 Å². The number of methoxy groups -OCH3 is 1. The smallest absolute Gasteiger partial charge is 0.234 e. The number of carbonyl (C=O) groups is 1. The van der Waals surface area contributed by atoms with Gasteiger partial charge in [-0.25, -0.2) is 4.39 Å². The first-order valence-corrected chi connectivity index (χ1v) is 9.26. The molecular weight excluding hydrogens is 381 g/mol. The van der Waals surface area contributed by atoms with Crippen LogP contribution in [-0.2, 0) is 11.2 Å². The summed E-state index contributed by atoms with van der Waals surface area (Å²) >= 11 is 0. The van der Waals surface area contributed by atoms with Crippen LogP contribution in [0.3, 0.4) is 0 Å². The molecule has 3 rings (SSSR count). The van der Waals surface area contributed by atoms with Crippen molar-refractivity contribution in [3.8, 4) is 5.75 Å². The third-order valence-electron chi connectivity index (χ3n) is 4.84. The Labute approximate surface area is 171 Å². The van der Waals surface area contributed by atoms with Gasteiger partial charge in [0.1, 0.15) is 11.6 Å². The second-order valence-electron chi connectivity index (χ2n) is 6.66. The van der Waals surface area contributed by atoms with Crippen LogP contribution < -0.4 is 15.4 Å². The number of halogens is 2. The number of amides is 1. The monoisotopic (exact) mass is 407 g/mol. The number of nitrogens with zero attached hydrogens (tertiary/aromatic N) is 1. The van der Waals surface area contributed by atoms with Gasteiger partial charge in [0.15, 0.2) is 0 Å². The van der Waals surface area contributed by atoms with Crippen LogP contribution in [0.5, 0.6) is 5.75 Å². The molecule has 1 fully saturated rings. The zero-order valence-electron chi connectivity index (χ0n) is 16.0. The average molecular weight is 408 g/mol. The molecule has 2 aromatic rings. The largest absolute Gasteiger partial charge is 0.496 e. The van der Waals surface area contributed by atoms with Crippen molar-refractivity contribution < 1.29 is 13.9 Å². The topological polar surface area (TPSA) is 53.6 Å². The molecule has 0 bridgehead atoms. The minimum absolute atomic E-state index is 0. The lowest BCUT2D eigenvalue weighted by Crippen LogP contribution is -2.49. The third kappa shape index (κ3) is 5.92. The van der Waals surface area contributed by atoms with Gasteiger partial charge in [-0.05, 0) is 35.7 Å². The molecule has 1 aliphatic rings. The number of rotatable bonds is 7. The highest BCUT2D eigenvalue weighted by Gasteiger charge is 2.25. The van der Waals surface area contributed by atoms with E-state index in [0.717, 1.165) is 30.0 Å². The Bertz CT molecular complexity index is 775. The van der Waals surface area contributed by atoms with E-state index in [9.17, 15) is 9.18 Å². The van der Waals surface area contributed by atoms with Crippen molar-refractivity contribution in [2.75, 3.05) is 39.8 Å². The van der Waals surface area contributed by atoms with Crippen LogP contribution >= 0.6 is 12.4 Å². The van der Waals surface area contributed by atoms with E-state index in [1.807, 2.05) is 30.3 Å². The van der Waals surface area contributed by atoms with Crippen LogP contribution in [0.2, 0.25) is 0 Å². The third-order valence-corrected chi connectivity index (χ3v) is 4.84. The number of para-hydroxylation sites is 1. The quantitative estimate of drug-likeness (QED) is 0.740. The Balaban J connectivity index is 0.00000280. The summed E-state index contributed by atoms with van der Waals surface area (Å²) < 4.78 is 18.9. The molecule has 152 valence electrons. The molecule has 28 heavy (non-hydrogen) atoms. The van der Waals surface area contributed by atoms with Crippen LogP contribution in [-0.4, -0.2) is 50.6 Å². The SMILES string of the molecule is COc1ccccc1CCNC(=O)CN1CCNCC1c1cccc(F)c1.Cl. The summed E-state index contributed by atoms with van der Waals surface area (Å²) in [7, 11) is 1.65. The molecule has 0 spiro atoms. The molecule has 1 heterocycles. The Kier molecular flexibility index (Phi) is 8.70. The Morgan fingerprint density at radius 1 is 1.29 bits per heavy atom. The molecule has 0 aromatic heterocycles. The second-order valence-corrected chi connectivity index (χ2v) is 6.66. The Hall–Kier alpha value is -2.15. The zero-order chi connectivity index (χ0) is 19.1. The second kappa shape index (κ2) is 11.0. The van der Waals surface area contributed by atoms with E-state index < -0.39 is 0 Å². The predicted molar refractivity (Wildman–Crippen MR) is 111 cm³/mol. The van der Waals surface area contributed by atoms with Gasteiger partial charge in [0.25, 0.3) is 0 Å². The van der Waals surface area contributed by atoms with Crippen molar-refractivity contribution in [3.63, 3.8) is 0 Å². The first-order valence-electron chi connectivity index (χ1n) is 9.26. The highest BCUT2D eigenvalue weighted by molar-refractivity contribution is 5.85. The summed E-state index contributed by atoms with van der Waals surface area (Å²) in [5, 5.41) is 6.31. The molecule has 5 nitrogen and oxygen atoms in total. The lowest BCUT2D eigenvalue weighted by molar-refractivity contribution is -0.123. The average Bonchev–Trinajstić information content (AvgIpc) is 2.69. The van der Waals surface area contributed by atoms with Gasteiger partial charge in [-0.3, -0.25) is 9.69 Å². The van der Waals surface area contributed by atoms with E-state index in [1.165, 1.54) is 6.07 Å². The number of nitrogens with one attached hydrogen (secondary N) is 2. The molecule has 7 heteroatoms. The van der Waals surface area contributed by atoms with Gasteiger partial charge in [0.05, 0.1) is 13.7 Å². The van der Waals surface area contributed by atoms with Gasteiger partial charge in [-0.15, -0.1) is 12.4 Å². The summed E-state index contributed by atoms with van der Waals surface area (Å²) in [5.74, 6) is 0.563. The molecule has 0 radical (unpaired) electrons. The fraction of sp³-hybridized carbons (Fsp3) is 0.381. The zero-order valence-corrected chi connectivity index (χ0v) is 16.8. The van der Waals surface area contributed by atoms with E-state index >= 15 is 0 Å². The van der Waals surface area contributed by atoms with E-state index in [0.29, 0.717) is 26.1 Å². The minimum atomic E-state index is -0.251. The van der Waals surface area contributed by atoms with E-state index in [4.69, 9.17) is 4.74 Å². The molecule has 1 aliphatic heterocycles. The molecule has 1 saturated heterocycles. The van der Waals surface area contributed by atoms with Crippen LogP contribution in [0.1, 0.15) is 17.2 Å². The fourth-order valence-electron chi connectivity index (χ4n) is 3.46. The van der Waals surface area contributed by atoms with Crippen LogP contribution in [0.25, 0.3) is 0 Å². The number of carbonyl (C=O) groups excluding carboxylic acids is 1. The first kappa shape index (κ1) is 22.1. The van der Waals surface area contributed by atoms with Gasteiger partial charge < -0.3 is 15.4 Å². The molecule has 0 aliphatic carbocycles. The van der Waals surface area contributed by atoms with Gasteiger partial charge in [0, 0.05) is 32.2 Å². The van der Waals surface area contributed by atoms with E-state index in [-0.39, 0.29) is 30.2 Å². The predicted octanol–water partition coefficient (Wildman–Crippen LogP) is 2.56. The maximum Gasteiger partial charge on any atom is 0.234 e. The first-order chi connectivity index (χ1) is 13.2. The normalized spacial score (nSPS) is 16.9. The molecule has 2 aromatic carbocycles. The van der Waals surface area contributed by atoms with Crippen LogP contribution in [0.15, 0.2) is 48.5 Å². The number of ether oxygens (including phenoxy) is 1. The van der Waals surface area contributed by atoms with Crippen LogP contribution in [0, 0.1) is 5.82 Å². The molecule has 0 saturated carbocycles. The summed E-state index contributed by atoms with van der Waals surface area (Å²) in [6.45, 7) is 3.13. The number of piperazine rings is 1. The molecule has 1 atom stereocenters. The Morgan fingerprint density at radius 3 is 2.89 bits per heavy atom. The van der Waals surface area contributed by atoms with Gasteiger partial charge >= 0.3 is 0 Å². The number of benzene rings is 2. The highest BCUT2D eigenvalue weighted by Crippen LogP contribution is 2.22. The molecular formula is C21H27ClFN3O2. The lowest BCUT2D eigenvalue weighted by Gasteiger charge is -2.36. The van der Waals surface area contributed by atoms with Crippen molar-refractivity contribution in [2.24, 2.45) is 0 Å². The van der Waals surface area contributed by atoms with Gasteiger partial charge in [-0.1, -0.05) is 30.3 Å².